The molecule has 0 aliphatic rings. The van der Waals surface area contributed by atoms with Crippen molar-refractivity contribution in [1.29, 1.82) is 0 Å². The molecule has 32 heavy (non-hydrogen) atoms. The zero-order chi connectivity index (χ0) is 23.1. The Morgan fingerprint density at radius 2 is 1.84 bits per heavy atom. The van der Waals surface area contributed by atoms with Crippen LogP contribution in [0.25, 0.3) is 0 Å². The van der Waals surface area contributed by atoms with Gasteiger partial charge >= 0.3 is 5.91 Å². The van der Waals surface area contributed by atoms with Crippen LogP contribution in [-0.2, 0) is 17.8 Å². The number of nitrogens with one attached hydrogen (secondary N) is 2. The zero-order valence-electron chi connectivity index (χ0n) is 16.7. The SMILES string of the molecule is Cc1cc(I)ccc1Nc1ccc(F)cc1C(=O)N=[N+]=NCc1ccc(NS(=O)[O-])cc1. The summed E-state index contributed by atoms with van der Waals surface area (Å²) in [5.41, 5.74) is 3.33. The minimum Gasteiger partial charge on any atom is -0.755 e. The summed E-state index contributed by atoms with van der Waals surface area (Å²) in [6, 6.07) is 16.1. The molecule has 0 heterocycles. The molecule has 3 aromatic rings. The van der Waals surface area contributed by atoms with Crippen LogP contribution in [0.5, 0.6) is 0 Å². The molecule has 3 rings (SSSR count). The molecule has 0 radical (unpaired) electrons. The molecule has 0 saturated heterocycles. The van der Waals surface area contributed by atoms with Gasteiger partial charge in [0.2, 0.25) is 10.0 Å². The molecule has 1 unspecified atom stereocenters. The van der Waals surface area contributed by atoms with Crippen LogP contribution in [0.3, 0.4) is 0 Å². The largest absolute Gasteiger partial charge is 0.755 e. The molecule has 0 spiro atoms. The maximum atomic E-state index is 13.8. The molecular weight excluding hydrogens is 548 g/mol. The van der Waals surface area contributed by atoms with Gasteiger partial charge in [-0.2, -0.15) is 0 Å². The second-order valence-corrected chi connectivity index (χ2v) is 8.52. The molecule has 1 amide bonds. The van der Waals surface area contributed by atoms with E-state index in [2.05, 4.69) is 47.8 Å². The van der Waals surface area contributed by atoms with Gasteiger partial charge in [0.15, 0.2) is 0 Å². The van der Waals surface area contributed by atoms with Gasteiger partial charge < -0.3 is 14.6 Å². The highest BCUT2D eigenvalue weighted by Gasteiger charge is 2.17. The number of carbonyl (C=O) groups is 1. The molecular formula is C21H17FIN5O3S. The monoisotopic (exact) mass is 565 g/mol. The number of anilines is 3. The smallest absolute Gasteiger partial charge is 0.362 e. The first-order valence-corrected chi connectivity index (χ1v) is 11.4. The second kappa shape index (κ2) is 11.0. The lowest BCUT2D eigenvalue weighted by molar-refractivity contribution is 0.0992. The molecule has 0 saturated carbocycles. The molecule has 0 bridgehead atoms. The van der Waals surface area contributed by atoms with Crippen LogP contribution >= 0.6 is 22.6 Å². The van der Waals surface area contributed by atoms with E-state index in [-0.39, 0.29) is 12.1 Å². The van der Waals surface area contributed by atoms with Crippen molar-refractivity contribution >= 4 is 56.8 Å². The zero-order valence-corrected chi connectivity index (χ0v) is 19.7. The minimum atomic E-state index is -2.40. The quantitative estimate of drug-likeness (QED) is 0.181. The maximum absolute atomic E-state index is 13.8. The molecule has 8 nitrogen and oxygen atoms in total. The van der Waals surface area contributed by atoms with Gasteiger partial charge in [-0.15, -0.1) is 0 Å². The van der Waals surface area contributed by atoms with E-state index in [0.29, 0.717) is 11.4 Å². The van der Waals surface area contributed by atoms with Crippen molar-refractivity contribution in [3.8, 4) is 0 Å². The normalized spacial score (nSPS) is 11.2. The lowest BCUT2D eigenvalue weighted by atomic mass is 10.1. The number of nitrogens with zero attached hydrogens (tertiary/aromatic N) is 3. The van der Waals surface area contributed by atoms with Crippen LogP contribution in [0.4, 0.5) is 21.5 Å². The summed E-state index contributed by atoms with van der Waals surface area (Å²) in [4.78, 5) is 16.1. The van der Waals surface area contributed by atoms with Crippen LogP contribution < -0.4 is 15.0 Å². The average molecular weight is 565 g/mol. The van der Waals surface area contributed by atoms with Gasteiger partial charge in [0.1, 0.15) is 17.5 Å². The molecule has 0 fully saturated rings. The number of hydrogen-bond donors (Lipinski definition) is 2. The van der Waals surface area contributed by atoms with E-state index in [9.17, 15) is 17.9 Å². The van der Waals surface area contributed by atoms with E-state index in [0.717, 1.165) is 26.5 Å². The van der Waals surface area contributed by atoms with Crippen molar-refractivity contribution in [2.45, 2.75) is 13.5 Å². The van der Waals surface area contributed by atoms with Crippen molar-refractivity contribution in [3.05, 3.63) is 86.7 Å². The third-order valence-electron chi connectivity index (χ3n) is 4.28. The van der Waals surface area contributed by atoms with Crippen molar-refractivity contribution in [2.75, 3.05) is 10.0 Å². The minimum absolute atomic E-state index is 0.0305. The fourth-order valence-electron chi connectivity index (χ4n) is 2.73. The Morgan fingerprint density at radius 1 is 1.12 bits per heavy atom. The van der Waals surface area contributed by atoms with Crippen LogP contribution in [0.15, 0.2) is 70.9 Å². The van der Waals surface area contributed by atoms with Crippen LogP contribution in [-0.4, -0.2) is 14.7 Å². The lowest BCUT2D eigenvalue weighted by Crippen LogP contribution is -2.03. The summed E-state index contributed by atoms with van der Waals surface area (Å²) in [7, 11) is 0. The number of halogens is 2. The number of hydrogen-bond acceptors (Lipinski definition) is 5. The molecule has 164 valence electrons. The van der Waals surface area contributed by atoms with E-state index >= 15 is 0 Å². The molecule has 0 aliphatic heterocycles. The van der Waals surface area contributed by atoms with E-state index in [1.807, 2.05) is 25.1 Å². The van der Waals surface area contributed by atoms with Gasteiger partial charge in [0.25, 0.3) is 0 Å². The molecule has 1 atom stereocenters. The second-order valence-electron chi connectivity index (χ2n) is 6.60. The van der Waals surface area contributed by atoms with Gasteiger partial charge in [-0.1, -0.05) is 12.1 Å². The Labute approximate surface area is 199 Å². The fraction of sp³-hybridized carbons (Fsp3) is 0.0952. The topological polar surface area (TPSA) is 120 Å². The number of carbonyl (C=O) groups excluding carboxylic acids is 1. The summed E-state index contributed by atoms with van der Waals surface area (Å²) in [5.74, 6) is -1.31. The van der Waals surface area contributed by atoms with Crippen LogP contribution in [0.2, 0.25) is 0 Å². The van der Waals surface area contributed by atoms with Crippen LogP contribution in [0.1, 0.15) is 21.5 Å². The standard InChI is InChI=1S/C21H17FIN5O3S/c1-13-10-16(23)5-9-19(13)25-20-8-4-15(22)11-18(20)21(29)26-28-24-12-14-2-6-17(7-3-14)27-32(30)31/h2-11,27H,12H2,1H3,(H-,25,29,30,31). The molecule has 0 aromatic heterocycles. The highest BCUT2D eigenvalue weighted by atomic mass is 127. The summed E-state index contributed by atoms with van der Waals surface area (Å²) >= 11 is -0.193. The number of rotatable bonds is 7. The van der Waals surface area contributed by atoms with Crippen molar-refractivity contribution in [2.24, 2.45) is 10.2 Å². The molecule has 3 aromatic carbocycles. The first kappa shape index (κ1) is 23.7. The van der Waals surface area contributed by atoms with Crippen LogP contribution in [0, 0.1) is 16.3 Å². The summed E-state index contributed by atoms with van der Waals surface area (Å²) in [6.45, 7) is 2.06. The predicted octanol–water partition coefficient (Wildman–Crippen LogP) is 5.00. The fourth-order valence-corrected chi connectivity index (χ4v) is 3.70. The summed E-state index contributed by atoms with van der Waals surface area (Å²) in [5, 5.41) is 10.5. The van der Waals surface area contributed by atoms with Crippen molar-refractivity contribution < 1.29 is 17.9 Å². The first-order chi connectivity index (χ1) is 15.3. The summed E-state index contributed by atoms with van der Waals surface area (Å²) in [6.07, 6.45) is 0. The number of amides is 1. The highest BCUT2D eigenvalue weighted by molar-refractivity contribution is 14.1. The number of aryl methyl sites for hydroxylation is 1. The van der Waals surface area contributed by atoms with E-state index < -0.39 is 23.0 Å². The average Bonchev–Trinajstić information content (AvgIpc) is 2.75. The third-order valence-corrected chi connectivity index (χ3v) is 5.35. The van der Waals surface area contributed by atoms with Crippen molar-refractivity contribution in [3.63, 3.8) is 0 Å². The van der Waals surface area contributed by atoms with Gasteiger partial charge in [0.05, 0.1) is 11.3 Å². The Hall–Kier alpha value is -2.99. The van der Waals surface area contributed by atoms with Gasteiger partial charge in [-0.25, -0.2) is 4.39 Å². The molecule has 11 heteroatoms. The lowest BCUT2D eigenvalue weighted by Gasteiger charge is -2.12. The first-order valence-electron chi connectivity index (χ1n) is 9.21. The van der Waals surface area contributed by atoms with Gasteiger partial charge in [-0.05, 0) is 89.2 Å². The third kappa shape index (κ3) is 6.76. The Bertz CT molecular complexity index is 1230. The van der Waals surface area contributed by atoms with E-state index in [1.54, 1.807) is 24.3 Å². The molecule has 2 N–H and O–H groups in total. The highest BCUT2D eigenvalue weighted by Crippen LogP contribution is 2.26. The Balaban J connectivity index is 1.73. The van der Waals surface area contributed by atoms with E-state index in [1.165, 1.54) is 12.1 Å². The number of benzene rings is 3. The molecule has 0 aliphatic carbocycles. The van der Waals surface area contributed by atoms with Gasteiger partial charge in [-0.3, -0.25) is 9.00 Å². The van der Waals surface area contributed by atoms with E-state index in [4.69, 9.17) is 0 Å². The van der Waals surface area contributed by atoms with Crippen molar-refractivity contribution in [1.82, 2.24) is 4.91 Å². The Kier molecular flexibility index (Phi) is 8.17. The van der Waals surface area contributed by atoms with Gasteiger partial charge in [0, 0.05) is 26.2 Å². The maximum Gasteiger partial charge on any atom is 0.362 e. The predicted molar refractivity (Wildman–Crippen MR) is 128 cm³/mol. The summed E-state index contributed by atoms with van der Waals surface area (Å²) < 4.78 is 38.3. The Morgan fingerprint density at radius 3 is 2.53 bits per heavy atom.